The van der Waals surface area contributed by atoms with Crippen molar-refractivity contribution in [3.8, 4) is 0 Å². The van der Waals surface area contributed by atoms with Crippen LogP contribution in [-0.2, 0) is 9.53 Å². The first-order chi connectivity index (χ1) is 9.88. The number of ether oxygens (including phenoxy) is 1. The van der Waals surface area contributed by atoms with E-state index in [0.717, 1.165) is 6.42 Å². The Balaban J connectivity index is 2.39. The molecule has 0 fully saturated rings. The molecule has 0 heterocycles. The Kier molecular flexibility index (Phi) is 7.57. The topological polar surface area (TPSA) is 58.6 Å². The van der Waals surface area contributed by atoms with Crippen LogP contribution in [0.4, 0.5) is 0 Å². The second-order valence-electron chi connectivity index (χ2n) is 6.82. The predicted molar refractivity (Wildman–Crippen MR) is 85.2 cm³/mol. The quantitative estimate of drug-likeness (QED) is 0.506. The van der Waals surface area contributed by atoms with Crippen molar-refractivity contribution in [1.82, 2.24) is 5.32 Å². The van der Waals surface area contributed by atoms with Crippen LogP contribution in [0.1, 0.15) is 40.5 Å². The van der Waals surface area contributed by atoms with Gasteiger partial charge in [-0.05, 0) is 24.7 Å². The van der Waals surface area contributed by atoms with Crippen LogP contribution in [0.5, 0.6) is 0 Å². The van der Waals surface area contributed by atoms with E-state index in [-0.39, 0.29) is 24.0 Å². The Morgan fingerprint density at radius 1 is 1.48 bits per heavy atom. The fraction of sp³-hybridized carbons (Fsp3) is 0.824. The van der Waals surface area contributed by atoms with Gasteiger partial charge in [-0.25, -0.2) is 0 Å². The van der Waals surface area contributed by atoms with Gasteiger partial charge < -0.3 is 15.2 Å². The lowest BCUT2D eigenvalue weighted by atomic mass is 9.65. The largest absolute Gasteiger partial charge is 0.394 e. The number of allylic oxidation sites excluding steroid dienone is 2. The molecule has 1 aliphatic rings. The van der Waals surface area contributed by atoms with Crippen molar-refractivity contribution in [2.45, 2.75) is 46.6 Å². The van der Waals surface area contributed by atoms with Crippen molar-refractivity contribution in [3.63, 3.8) is 0 Å². The Morgan fingerprint density at radius 2 is 2.19 bits per heavy atom. The van der Waals surface area contributed by atoms with Crippen LogP contribution in [0.2, 0.25) is 0 Å². The first kappa shape index (κ1) is 18.3. The molecule has 4 nitrogen and oxygen atoms in total. The third-order valence-corrected chi connectivity index (χ3v) is 4.28. The van der Waals surface area contributed by atoms with Gasteiger partial charge in [0.2, 0.25) is 0 Å². The highest BCUT2D eigenvalue weighted by Gasteiger charge is 2.39. The summed E-state index contributed by atoms with van der Waals surface area (Å²) in [6, 6.07) is 0.157. The van der Waals surface area contributed by atoms with Crippen LogP contribution in [0.3, 0.4) is 0 Å². The van der Waals surface area contributed by atoms with Gasteiger partial charge in [0.05, 0.1) is 19.8 Å². The van der Waals surface area contributed by atoms with Crippen molar-refractivity contribution >= 4 is 5.78 Å². The number of hydrogen-bond donors (Lipinski definition) is 2. The van der Waals surface area contributed by atoms with E-state index in [1.807, 2.05) is 6.92 Å². The van der Waals surface area contributed by atoms with E-state index in [2.05, 4.69) is 38.2 Å². The van der Waals surface area contributed by atoms with E-state index in [1.165, 1.54) is 0 Å². The zero-order valence-corrected chi connectivity index (χ0v) is 13.9. The molecule has 1 aliphatic carbocycles. The maximum Gasteiger partial charge on any atom is 0.138 e. The van der Waals surface area contributed by atoms with Gasteiger partial charge in [-0.15, -0.1) is 0 Å². The maximum absolute atomic E-state index is 12.6. The van der Waals surface area contributed by atoms with Crippen molar-refractivity contribution < 1.29 is 14.6 Å². The fourth-order valence-electron chi connectivity index (χ4n) is 3.31. The van der Waals surface area contributed by atoms with Gasteiger partial charge in [-0.2, -0.15) is 0 Å². The van der Waals surface area contributed by atoms with Crippen LogP contribution in [0.25, 0.3) is 0 Å². The summed E-state index contributed by atoms with van der Waals surface area (Å²) in [4.78, 5) is 12.6. The van der Waals surface area contributed by atoms with Crippen LogP contribution in [0, 0.1) is 17.3 Å². The zero-order valence-electron chi connectivity index (χ0n) is 13.9. The molecule has 0 aromatic rings. The Morgan fingerprint density at radius 3 is 2.81 bits per heavy atom. The highest BCUT2D eigenvalue weighted by atomic mass is 16.5. The molecule has 0 aromatic heterocycles. The molecule has 1 rings (SSSR count). The molecule has 0 bridgehead atoms. The van der Waals surface area contributed by atoms with Gasteiger partial charge in [0.25, 0.3) is 0 Å². The monoisotopic (exact) mass is 297 g/mol. The predicted octanol–water partition coefficient (Wildman–Crippen LogP) is 2.17. The molecule has 0 radical (unpaired) electrons. The van der Waals surface area contributed by atoms with Gasteiger partial charge in [0, 0.05) is 24.9 Å². The lowest BCUT2D eigenvalue weighted by molar-refractivity contribution is -0.128. The van der Waals surface area contributed by atoms with Gasteiger partial charge in [-0.1, -0.05) is 32.9 Å². The van der Waals surface area contributed by atoms with E-state index in [9.17, 15) is 4.79 Å². The van der Waals surface area contributed by atoms with Crippen LogP contribution in [0.15, 0.2) is 12.2 Å². The summed E-state index contributed by atoms with van der Waals surface area (Å²) in [5.41, 5.74) is 0.0508. The summed E-state index contributed by atoms with van der Waals surface area (Å²) in [5.74, 6) is 0.784. The highest BCUT2D eigenvalue weighted by Crippen LogP contribution is 2.41. The lowest BCUT2D eigenvalue weighted by Crippen LogP contribution is -2.40. The van der Waals surface area contributed by atoms with Crippen molar-refractivity contribution in [2.24, 2.45) is 17.3 Å². The minimum Gasteiger partial charge on any atom is -0.394 e. The summed E-state index contributed by atoms with van der Waals surface area (Å²) in [7, 11) is 0. The minimum atomic E-state index is 0.0508. The Labute approximate surface area is 129 Å². The first-order valence-corrected chi connectivity index (χ1v) is 8.00. The van der Waals surface area contributed by atoms with E-state index >= 15 is 0 Å². The van der Waals surface area contributed by atoms with E-state index in [1.54, 1.807) is 0 Å². The average Bonchev–Trinajstić information content (AvgIpc) is 2.37. The lowest BCUT2D eigenvalue weighted by Gasteiger charge is -2.39. The number of nitrogens with one attached hydrogen (secondary N) is 1. The van der Waals surface area contributed by atoms with Gasteiger partial charge >= 0.3 is 0 Å². The van der Waals surface area contributed by atoms with Crippen molar-refractivity contribution in [2.75, 3.05) is 26.4 Å². The van der Waals surface area contributed by atoms with Crippen LogP contribution >= 0.6 is 0 Å². The maximum atomic E-state index is 12.6. The molecule has 0 spiro atoms. The van der Waals surface area contributed by atoms with Crippen molar-refractivity contribution in [3.05, 3.63) is 12.2 Å². The zero-order chi connectivity index (χ0) is 15.9. The molecular weight excluding hydrogens is 266 g/mol. The molecule has 21 heavy (non-hydrogen) atoms. The molecule has 4 heteroatoms. The Bertz CT molecular complexity index is 352. The van der Waals surface area contributed by atoms with E-state index in [4.69, 9.17) is 9.84 Å². The van der Waals surface area contributed by atoms with E-state index in [0.29, 0.717) is 37.9 Å². The fourth-order valence-corrected chi connectivity index (χ4v) is 3.31. The molecule has 0 saturated heterocycles. The molecule has 0 amide bonds. The second kappa shape index (κ2) is 8.66. The normalized spacial score (nSPS) is 25.8. The smallest absolute Gasteiger partial charge is 0.138 e. The average molecular weight is 297 g/mol. The number of carbonyl (C=O) groups excluding carboxylic acids is 1. The SMILES string of the molecule is CC(CC(=O)C1C(C)C=CCC1(C)C)NCCOCCO. The number of carbonyl (C=O) groups is 1. The molecule has 2 N–H and O–H groups in total. The third kappa shape index (κ3) is 5.89. The molecule has 3 atom stereocenters. The number of aliphatic hydroxyl groups is 1. The number of aliphatic hydroxyl groups excluding tert-OH is 1. The number of hydrogen-bond acceptors (Lipinski definition) is 4. The van der Waals surface area contributed by atoms with Crippen LogP contribution in [-0.4, -0.2) is 43.3 Å². The highest BCUT2D eigenvalue weighted by molar-refractivity contribution is 5.83. The summed E-state index contributed by atoms with van der Waals surface area (Å²) in [6.45, 7) is 10.3. The molecular formula is C17H31NO3. The summed E-state index contributed by atoms with van der Waals surface area (Å²) in [6.07, 6.45) is 5.92. The first-order valence-electron chi connectivity index (χ1n) is 8.00. The van der Waals surface area contributed by atoms with Gasteiger partial charge in [-0.3, -0.25) is 4.79 Å². The summed E-state index contributed by atoms with van der Waals surface area (Å²) in [5, 5.41) is 11.9. The molecule has 122 valence electrons. The van der Waals surface area contributed by atoms with E-state index < -0.39 is 0 Å². The molecule has 0 saturated carbocycles. The number of Topliss-reactive ketones (excluding diaryl/α,β-unsaturated/α-hetero) is 1. The van der Waals surface area contributed by atoms with Crippen LogP contribution < -0.4 is 5.32 Å². The standard InChI is InChI=1S/C17H31NO3/c1-13-6-5-7-17(3,4)16(13)15(20)12-14(2)18-8-10-21-11-9-19/h5-6,13-14,16,18-19H,7-12H2,1-4H3. The minimum absolute atomic E-state index is 0.0508. The third-order valence-electron chi connectivity index (χ3n) is 4.28. The number of rotatable bonds is 9. The van der Waals surface area contributed by atoms with Gasteiger partial charge in [0.15, 0.2) is 0 Å². The van der Waals surface area contributed by atoms with Crippen molar-refractivity contribution in [1.29, 1.82) is 0 Å². The number of ketones is 1. The summed E-state index contributed by atoms with van der Waals surface area (Å²) < 4.78 is 5.20. The molecule has 3 unspecified atom stereocenters. The molecule has 0 aliphatic heterocycles. The second-order valence-corrected chi connectivity index (χ2v) is 6.82. The Hall–Kier alpha value is -0.710. The summed E-state index contributed by atoms with van der Waals surface area (Å²) >= 11 is 0. The van der Waals surface area contributed by atoms with Gasteiger partial charge in [0.1, 0.15) is 5.78 Å². The molecule has 0 aromatic carbocycles.